The van der Waals surface area contributed by atoms with Crippen LogP contribution < -0.4 is 10.6 Å². The van der Waals surface area contributed by atoms with Gasteiger partial charge in [-0.05, 0) is 51.9 Å². The first-order chi connectivity index (χ1) is 9.04. The zero-order valence-electron chi connectivity index (χ0n) is 13.0. The number of likely N-dealkylation sites (N-methyl/N-ethyl adjacent to an activating group) is 1. The second-order valence-corrected chi connectivity index (χ2v) is 6.14. The molecule has 4 nitrogen and oxygen atoms in total. The largest absolute Gasteiger partial charge is 0.352 e. The first kappa shape index (κ1) is 16.4. The summed E-state index contributed by atoms with van der Waals surface area (Å²) < 4.78 is 0. The highest BCUT2D eigenvalue weighted by atomic mass is 16.2. The minimum Gasteiger partial charge on any atom is -0.352 e. The minimum atomic E-state index is 0.179. The van der Waals surface area contributed by atoms with Crippen molar-refractivity contribution in [1.82, 2.24) is 15.5 Å². The van der Waals surface area contributed by atoms with E-state index < -0.39 is 0 Å². The number of carbonyl (C=O) groups is 1. The van der Waals surface area contributed by atoms with Gasteiger partial charge in [-0.25, -0.2) is 0 Å². The number of nitrogens with zero attached hydrogens (tertiary/aromatic N) is 1. The van der Waals surface area contributed by atoms with Gasteiger partial charge in [-0.2, -0.15) is 0 Å². The molecule has 1 amide bonds. The Morgan fingerprint density at radius 2 is 2.05 bits per heavy atom. The van der Waals surface area contributed by atoms with E-state index in [1.165, 1.54) is 12.8 Å². The molecule has 0 saturated heterocycles. The Balaban J connectivity index is 2.26. The van der Waals surface area contributed by atoms with Crippen LogP contribution in [0.1, 0.15) is 39.5 Å². The first-order valence-electron chi connectivity index (χ1n) is 7.67. The molecule has 112 valence electrons. The molecule has 4 heteroatoms. The standard InChI is InChI=1S/C15H31N3O/c1-12-7-5-8-14(13(12)2)17-15(19)11-18(4)10-6-9-16-3/h12-14,16H,5-11H2,1-4H3,(H,17,19). The highest BCUT2D eigenvalue weighted by Gasteiger charge is 2.28. The molecule has 0 spiro atoms. The summed E-state index contributed by atoms with van der Waals surface area (Å²) in [5.41, 5.74) is 0. The molecular formula is C15H31N3O. The molecule has 3 unspecified atom stereocenters. The number of carbonyl (C=O) groups excluding carboxylic acids is 1. The van der Waals surface area contributed by atoms with Crippen molar-refractivity contribution in [2.45, 2.75) is 45.6 Å². The Morgan fingerprint density at radius 3 is 2.74 bits per heavy atom. The SMILES string of the molecule is CNCCCN(C)CC(=O)NC1CCCC(C)C1C. The molecule has 0 aromatic rings. The summed E-state index contributed by atoms with van der Waals surface area (Å²) in [4.78, 5) is 14.1. The number of hydrogen-bond donors (Lipinski definition) is 2. The average molecular weight is 269 g/mol. The fourth-order valence-electron chi connectivity index (χ4n) is 2.89. The Morgan fingerprint density at radius 1 is 1.32 bits per heavy atom. The predicted octanol–water partition coefficient (Wildman–Crippen LogP) is 1.47. The lowest BCUT2D eigenvalue weighted by molar-refractivity contribution is -0.123. The van der Waals surface area contributed by atoms with E-state index in [0.717, 1.165) is 31.8 Å². The van der Waals surface area contributed by atoms with Gasteiger partial charge in [0.2, 0.25) is 5.91 Å². The van der Waals surface area contributed by atoms with E-state index in [0.29, 0.717) is 18.5 Å². The topological polar surface area (TPSA) is 44.4 Å². The fourth-order valence-corrected chi connectivity index (χ4v) is 2.89. The molecule has 19 heavy (non-hydrogen) atoms. The van der Waals surface area contributed by atoms with Crippen LogP contribution in [0.15, 0.2) is 0 Å². The van der Waals surface area contributed by atoms with E-state index in [1.54, 1.807) is 0 Å². The first-order valence-corrected chi connectivity index (χ1v) is 7.67. The lowest BCUT2D eigenvalue weighted by atomic mass is 9.78. The van der Waals surface area contributed by atoms with Crippen LogP contribution in [-0.4, -0.2) is 50.6 Å². The normalized spacial score (nSPS) is 27.5. The van der Waals surface area contributed by atoms with Gasteiger partial charge in [0.25, 0.3) is 0 Å². The van der Waals surface area contributed by atoms with Gasteiger partial charge in [0.15, 0.2) is 0 Å². The zero-order valence-corrected chi connectivity index (χ0v) is 13.0. The fraction of sp³-hybridized carbons (Fsp3) is 0.933. The third kappa shape index (κ3) is 5.91. The van der Waals surface area contributed by atoms with Gasteiger partial charge >= 0.3 is 0 Å². The number of hydrogen-bond acceptors (Lipinski definition) is 3. The Labute approximate surface area is 118 Å². The number of nitrogens with one attached hydrogen (secondary N) is 2. The van der Waals surface area contributed by atoms with Crippen LogP contribution in [-0.2, 0) is 4.79 Å². The van der Waals surface area contributed by atoms with E-state index in [-0.39, 0.29) is 5.91 Å². The summed E-state index contributed by atoms with van der Waals surface area (Å²) in [5.74, 6) is 1.51. The molecule has 0 aromatic heterocycles. The summed E-state index contributed by atoms with van der Waals surface area (Å²) in [5, 5.41) is 6.35. The third-order valence-corrected chi connectivity index (χ3v) is 4.43. The molecule has 0 heterocycles. The van der Waals surface area contributed by atoms with Gasteiger partial charge in [-0.3, -0.25) is 9.69 Å². The highest BCUT2D eigenvalue weighted by molar-refractivity contribution is 5.78. The summed E-state index contributed by atoms with van der Waals surface area (Å²) in [6, 6.07) is 0.377. The minimum absolute atomic E-state index is 0.179. The third-order valence-electron chi connectivity index (χ3n) is 4.43. The molecule has 3 atom stereocenters. The van der Waals surface area contributed by atoms with Gasteiger partial charge in [0.05, 0.1) is 6.54 Å². The van der Waals surface area contributed by atoms with Crippen LogP contribution >= 0.6 is 0 Å². The van der Waals surface area contributed by atoms with Gasteiger partial charge in [-0.1, -0.05) is 26.7 Å². The van der Waals surface area contributed by atoms with Crippen molar-refractivity contribution in [2.75, 3.05) is 33.7 Å². The zero-order chi connectivity index (χ0) is 14.3. The molecule has 0 aliphatic heterocycles. The maximum absolute atomic E-state index is 12.0. The second kappa shape index (κ2) is 8.54. The molecule has 0 radical (unpaired) electrons. The van der Waals surface area contributed by atoms with E-state index in [9.17, 15) is 4.79 Å². The summed E-state index contributed by atoms with van der Waals surface area (Å²) in [6.45, 7) is 7.05. The summed E-state index contributed by atoms with van der Waals surface area (Å²) in [7, 11) is 3.97. The van der Waals surface area contributed by atoms with Crippen LogP contribution in [0.25, 0.3) is 0 Å². The van der Waals surface area contributed by atoms with Gasteiger partial charge in [0, 0.05) is 6.04 Å². The molecule has 1 aliphatic carbocycles. The van der Waals surface area contributed by atoms with Crippen LogP contribution in [0, 0.1) is 11.8 Å². The monoisotopic (exact) mass is 269 g/mol. The second-order valence-electron chi connectivity index (χ2n) is 6.14. The maximum Gasteiger partial charge on any atom is 0.234 e. The van der Waals surface area contributed by atoms with Gasteiger partial charge in [0.1, 0.15) is 0 Å². The average Bonchev–Trinajstić information content (AvgIpc) is 2.35. The van der Waals surface area contributed by atoms with E-state index in [2.05, 4.69) is 29.4 Å². The Hall–Kier alpha value is -0.610. The number of rotatable bonds is 7. The van der Waals surface area contributed by atoms with Crippen LogP contribution in [0.4, 0.5) is 0 Å². The van der Waals surface area contributed by atoms with E-state index in [1.807, 2.05) is 14.1 Å². The van der Waals surface area contributed by atoms with Crippen molar-refractivity contribution >= 4 is 5.91 Å². The lowest BCUT2D eigenvalue weighted by Crippen LogP contribution is -2.47. The van der Waals surface area contributed by atoms with Crippen LogP contribution in [0.3, 0.4) is 0 Å². The molecule has 0 bridgehead atoms. The predicted molar refractivity (Wildman–Crippen MR) is 80.2 cm³/mol. The Kier molecular flexibility index (Phi) is 7.39. The smallest absolute Gasteiger partial charge is 0.234 e. The van der Waals surface area contributed by atoms with Gasteiger partial charge < -0.3 is 10.6 Å². The Bertz CT molecular complexity index is 270. The van der Waals surface area contributed by atoms with E-state index >= 15 is 0 Å². The molecule has 1 saturated carbocycles. The molecule has 1 rings (SSSR count). The molecule has 2 N–H and O–H groups in total. The van der Waals surface area contributed by atoms with E-state index in [4.69, 9.17) is 0 Å². The number of amides is 1. The van der Waals surface area contributed by atoms with Gasteiger partial charge in [-0.15, -0.1) is 0 Å². The van der Waals surface area contributed by atoms with Crippen molar-refractivity contribution in [1.29, 1.82) is 0 Å². The van der Waals surface area contributed by atoms with Crippen molar-refractivity contribution in [3.63, 3.8) is 0 Å². The summed E-state index contributed by atoms with van der Waals surface area (Å²) in [6.07, 6.45) is 4.77. The van der Waals surface area contributed by atoms with Crippen molar-refractivity contribution in [3.8, 4) is 0 Å². The molecular weight excluding hydrogens is 238 g/mol. The highest BCUT2D eigenvalue weighted by Crippen LogP contribution is 2.29. The molecule has 0 aromatic carbocycles. The van der Waals surface area contributed by atoms with Crippen molar-refractivity contribution in [2.24, 2.45) is 11.8 Å². The van der Waals surface area contributed by atoms with Crippen molar-refractivity contribution < 1.29 is 4.79 Å². The lowest BCUT2D eigenvalue weighted by Gasteiger charge is -2.35. The quantitative estimate of drug-likeness (QED) is 0.688. The van der Waals surface area contributed by atoms with Crippen molar-refractivity contribution in [3.05, 3.63) is 0 Å². The maximum atomic E-state index is 12.0. The summed E-state index contributed by atoms with van der Waals surface area (Å²) >= 11 is 0. The molecule has 1 fully saturated rings. The van der Waals surface area contributed by atoms with Crippen LogP contribution in [0.2, 0.25) is 0 Å². The molecule has 1 aliphatic rings. The van der Waals surface area contributed by atoms with Crippen LogP contribution in [0.5, 0.6) is 0 Å².